The van der Waals surface area contributed by atoms with Crippen molar-refractivity contribution in [2.24, 2.45) is 0 Å². The fourth-order valence-electron chi connectivity index (χ4n) is 0.997. The number of pyridine rings is 1. The fraction of sp³-hybridized carbons (Fsp3) is 0.286. The fourth-order valence-corrected chi connectivity index (χ4v) is 1.74. The standard InChI is InChI=1S/C7H6BrF3N2/c1-3-6(7(9,10)11)4(8)2-5(12)13-3/h2H,1H3,(H2,12,13). The topological polar surface area (TPSA) is 38.9 Å². The van der Waals surface area contributed by atoms with Gasteiger partial charge in [-0.25, -0.2) is 4.98 Å². The maximum atomic E-state index is 12.3. The highest BCUT2D eigenvalue weighted by Gasteiger charge is 2.35. The van der Waals surface area contributed by atoms with Crippen LogP contribution in [0.5, 0.6) is 0 Å². The van der Waals surface area contributed by atoms with Gasteiger partial charge in [0.05, 0.1) is 11.3 Å². The van der Waals surface area contributed by atoms with Gasteiger partial charge in [-0.15, -0.1) is 0 Å². The largest absolute Gasteiger partial charge is 0.419 e. The molecule has 1 heterocycles. The lowest BCUT2D eigenvalue weighted by Gasteiger charge is -2.11. The number of nitrogens with zero attached hydrogens (tertiary/aromatic N) is 1. The van der Waals surface area contributed by atoms with Crippen LogP contribution >= 0.6 is 15.9 Å². The van der Waals surface area contributed by atoms with E-state index in [2.05, 4.69) is 20.9 Å². The molecule has 0 aliphatic carbocycles. The zero-order valence-electron chi connectivity index (χ0n) is 6.61. The number of aryl methyl sites for hydroxylation is 1. The van der Waals surface area contributed by atoms with E-state index in [1.165, 1.54) is 6.92 Å². The van der Waals surface area contributed by atoms with Crippen molar-refractivity contribution in [1.29, 1.82) is 0 Å². The van der Waals surface area contributed by atoms with Crippen molar-refractivity contribution in [2.75, 3.05) is 5.73 Å². The number of alkyl halides is 3. The summed E-state index contributed by atoms with van der Waals surface area (Å²) in [5.74, 6) is 0.0670. The third-order valence-corrected chi connectivity index (χ3v) is 2.08. The maximum absolute atomic E-state index is 12.3. The smallest absolute Gasteiger partial charge is 0.384 e. The van der Waals surface area contributed by atoms with Gasteiger partial charge in [0.25, 0.3) is 0 Å². The van der Waals surface area contributed by atoms with E-state index in [9.17, 15) is 13.2 Å². The van der Waals surface area contributed by atoms with Gasteiger partial charge in [0.1, 0.15) is 5.82 Å². The van der Waals surface area contributed by atoms with Crippen molar-refractivity contribution < 1.29 is 13.2 Å². The van der Waals surface area contributed by atoms with Gasteiger partial charge < -0.3 is 5.73 Å². The molecule has 0 spiro atoms. The maximum Gasteiger partial charge on any atom is 0.419 e. The molecule has 72 valence electrons. The number of halogens is 4. The Hall–Kier alpha value is -0.780. The minimum absolute atomic E-state index is 0.0670. The molecule has 6 heteroatoms. The molecule has 0 atom stereocenters. The van der Waals surface area contributed by atoms with Crippen LogP contribution < -0.4 is 5.73 Å². The third kappa shape index (κ3) is 2.12. The van der Waals surface area contributed by atoms with Gasteiger partial charge in [-0.2, -0.15) is 13.2 Å². The Morgan fingerprint density at radius 3 is 2.38 bits per heavy atom. The minimum atomic E-state index is -4.40. The van der Waals surface area contributed by atoms with E-state index in [0.29, 0.717) is 0 Å². The van der Waals surface area contributed by atoms with Crippen molar-refractivity contribution in [3.8, 4) is 0 Å². The number of nitrogens with two attached hydrogens (primary N) is 1. The Bertz CT molecular complexity index is 312. The van der Waals surface area contributed by atoms with Crippen LogP contribution in [0.15, 0.2) is 10.5 Å². The first-order valence-electron chi connectivity index (χ1n) is 3.32. The first-order valence-corrected chi connectivity index (χ1v) is 4.11. The van der Waals surface area contributed by atoms with Crippen molar-refractivity contribution in [1.82, 2.24) is 4.98 Å². The molecule has 0 unspecified atom stereocenters. The average Bonchev–Trinajstić information content (AvgIpc) is 1.78. The number of anilines is 1. The van der Waals surface area contributed by atoms with Crippen LogP contribution in [-0.2, 0) is 6.18 Å². The minimum Gasteiger partial charge on any atom is -0.384 e. The van der Waals surface area contributed by atoms with E-state index in [-0.39, 0.29) is 16.0 Å². The number of aromatic nitrogens is 1. The monoisotopic (exact) mass is 254 g/mol. The predicted octanol–water partition coefficient (Wildman–Crippen LogP) is 2.75. The molecule has 1 aromatic rings. The highest BCUT2D eigenvalue weighted by molar-refractivity contribution is 9.10. The molecule has 0 saturated heterocycles. The Balaban J connectivity index is 3.38. The molecule has 2 nitrogen and oxygen atoms in total. The summed E-state index contributed by atoms with van der Waals surface area (Å²) in [5, 5.41) is 0. The lowest BCUT2D eigenvalue weighted by Crippen LogP contribution is -2.11. The van der Waals surface area contributed by atoms with Crippen LogP contribution in [0.2, 0.25) is 0 Å². The summed E-state index contributed by atoms with van der Waals surface area (Å²) in [7, 11) is 0. The highest BCUT2D eigenvalue weighted by Crippen LogP contribution is 2.36. The summed E-state index contributed by atoms with van der Waals surface area (Å²) < 4.78 is 36.9. The molecule has 0 amide bonds. The van der Waals surface area contributed by atoms with E-state index in [1.54, 1.807) is 0 Å². The molecule has 13 heavy (non-hydrogen) atoms. The Labute approximate surface area is 81.1 Å². The van der Waals surface area contributed by atoms with Crippen LogP contribution in [-0.4, -0.2) is 4.98 Å². The molecule has 0 bridgehead atoms. The van der Waals surface area contributed by atoms with E-state index in [0.717, 1.165) is 6.07 Å². The molecule has 0 aliphatic rings. The summed E-state index contributed by atoms with van der Waals surface area (Å²) in [6, 6.07) is 1.13. The molecular formula is C7H6BrF3N2. The summed E-state index contributed by atoms with van der Waals surface area (Å²) in [4.78, 5) is 3.53. The van der Waals surface area contributed by atoms with Gasteiger partial charge in [-0.3, -0.25) is 0 Å². The summed E-state index contributed by atoms with van der Waals surface area (Å²) in [5.41, 5.74) is 4.36. The van der Waals surface area contributed by atoms with Crippen molar-refractivity contribution in [3.05, 3.63) is 21.8 Å². The van der Waals surface area contributed by atoms with E-state index in [1.807, 2.05) is 0 Å². The number of hydrogen-bond acceptors (Lipinski definition) is 2. The van der Waals surface area contributed by atoms with Gasteiger partial charge in [-0.1, -0.05) is 0 Å². The lowest BCUT2D eigenvalue weighted by molar-refractivity contribution is -0.138. The van der Waals surface area contributed by atoms with E-state index < -0.39 is 11.7 Å². The van der Waals surface area contributed by atoms with E-state index in [4.69, 9.17) is 5.73 Å². The zero-order chi connectivity index (χ0) is 10.2. The van der Waals surface area contributed by atoms with Gasteiger partial charge in [0.15, 0.2) is 0 Å². The van der Waals surface area contributed by atoms with Gasteiger partial charge in [0.2, 0.25) is 0 Å². The van der Waals surface area contributed by atoms with Crippen molar-refractivity contribution in [3.63, 3.8) is 0 Å². The second-order valence-electron chi connectivity index (χ2n) is 2.49. The lowest BCUT2D eigenvalue weighted by atomic mass is 10.2. The number of nitrogen functional groups attached to an aromatic ring is 1. The Morgan fingerprint density at radius 2 is 2.00 bits per heavy atom. The molecule has 1 rings (SSSR count). The SMILES string of the molecule is Cc1nc(N)cc(Br)c1C(F)(F)F. The van der Waals surface area contributed by atoms with Crippen molar-refractivity contribution >= 4 is 21.7 Å². The van der Waals surface area contributed by atoms with Crippen LogP contribution in [0.3, 0.4) is 0 Å². The highest BCUT2D eigenvalue weighted by atomic mass is 79.9. The molecule has 2 N–H and O–H groups in total. The molecule has 1 aromatic heterocycles. The Kier molecular flexibility index (Phi) is 2.51. The number of hydrogen-bond donors (Lipinski definition) is 1. The quantitative estimate of drug-likeness (QED) is 0.774. The van der Waals surface area contributed by atoms with Crippen molar-refractivity contribution in [2.45, 2.75) is 13.1 Å². The zero-order valence-corrected chi connectivity index (χ0v) is 8.20. The normalized spacial score (nSPS) is 11.8. The summed E-state index contributed by atoms with van der Waals surface area (Å²) >= 11 is 2.79. The number of rotatable bonds is 0. The molecular weight excluding hydrogens is 249 g/mol. The Morgan fingerprint density at radius 1 is 1.46 bits per heavy atom. The molecule has 0 radical (unpaired) electrons. The first kappa shape index (κ1) is 10.3. The second-order valence-corrected chi connectivity index (χ2v) is 3.34. The molecule has 0 fully saturated rings. The van der Waals surface area contributed by atoms with Crippen LogP contribution in [0.25, 0.3) is 0 Å². The molecule has 0 aliphatic heterocycles. The second kappa shape index (κ2) is 3.17. The third-order valence-electron chi connectivity index (χ3n) is 1.46. The average molecular weight is 255 g/mol. The molecule has 0 aromatic carbocycles. The van der Waals surface area contributed by atoms with Gasteiger partial charge >= 0.3 is 6.18 Å². The van der Waals surface area contributed by atoms with E-state index >= 15 is 0 Å². The van der Waals surface area contributed by atoms with Gasteiger partial charge in [-0.05, 0) is 28.9 Å². The van der Waals surface area contributed by atoms with Crippen LogP contribution in [0.1, 0.15) is 11.3 Å². The van der Waals surface area contributed by atoms with Gasteiger partial charge in [0, 0.05) is 4.47 Å². The predicted molar refractivity (Wildman–Crippen MR) is 46.1 cm³/mol. The summed E-state index contributed by atoms with van der Waals surface area (Å²) in [6.07, 6.45) is -4.40. The van der Waals surface area contributed by atoms with Crippen LogP contribution in [0.4, 0.5) is 19.0 Å². The van der Waals surface area contributed by atoms with Crippen LogP contribution in [0, 0.1) is 6.92 Å². The summed E-state index contributed by atoms with van der Waals surface area (Å²) in [6.45, 7) is 1.27. The first-order chi connectivity index (χ1) is 5.82. The molecule has 0 saturated carbocycles.